The van der Waals surface area contributed by atoms with E-state index < -0.39 is 157 Å². The molecule has 3 saturated carbocycles. The van der Waals surface area contributed by atoms with Gasteiger partial charge in [0.2, 0.25) is 0 Å². The quantitative estimate of drug-likeness (QED) is 0.0474. The highest BCUT2D eigenvalue weighted by Gasteiger charge is 2.62. The highest BCUT2D eigenvalue weighted by atomic mass is 32.2. The first-order valence-corrected chi connectivity index (χ1v) is 41.4. The number of fused-ring (bicyclic) bond motifs is 3. The summed E-state index contributed by atoms with van der Waals surface area (Å²) in [5.74, 6) is -14.8. The summed E-state index contributed by atoms with van der Waals surface area (Å²) in [5.41, 5.74) is 3.66. The van der Waals surface area contributed by atoms with Crippen molar-refractivity contribution in [1.82, 2.24) is 15.0 Å². The van der Waals surface area contributed by atoms with Gasteiger partial charge in [-0.2, -0.15) is 0 Å². The fourth-order valence-corrected chi connectivity index (χ4v) is 17.0. The molecule has 21 nitrogen and oxygen atoms in total. The number of carbonyl (C=O) groups excluding carboxylic acids is 3. The average Bonchev–Trinajstić information content (AvgIpc) is 1.71. The first-order valence-electron chi connectivity index (χ1n) is 35.7. The molecule has 9 aliphatic rings. The maximum atomic E-state index is 13.4. The molecule has 36 heteroatoms. The maximum absolute atomic E-state index is 13.4. The number of alkyl halides is 12. The van der Waals surface area contributed by atoms with E-state index in [9.17, 15) is 92.3 Å². The van der Waals surface area contributed by atoms with Crippen LogP contribution in [0.25, 0.3) is 0 Å². The minimum absolute atomic E-state index is 0.0216. The van der Waals surface area contributed by atoms with Gasteiger partial charge >= 0.3 is 0 Å². The Labute approximate surface area is 630 Å². The third-order valence-corrected chi connectivity index (χ3v) is 24.1. The molecule has 3 atom stereocenters. The molecule has 0 spiro atoms. The second-order valence-electron chi connectivity index (χ2n) is 29.2. The molecule has 3 aromatic carbocycles. The number of Topliss-reactive ketones (excluding diaryl/α,β-unsaturated/α-hetero) is 3. The third kappa shape index (κ3) is 18.7. The zero-order valence-corrected chi connectivity index (χ0v) is 62.3. The summed E-state index contributed by atoms with van der Waals surface area (Å²) in [5, 5.41) is 8.97. The maximum Gasteiger partial charge on any atom is 0.277 e. The SMILES string of the molecule is CS(=O)(=O)c1cc(C2CCOCC2)ccc1Nc1cc(CC(=O)C2CC2(F)F)nc2c1N=C(C(F)F)C2.CS(=O)(=O)c1cc(C2CCOCC2)ccc1Nc1cc(CC(=O)[C@@H]2CC2(F)F)nc2c1N=C(C(F)F)C2.CS(=O)(=O)c1cc(C2CCOCC2)ccc1Nc1cc(CC(=O)[C@H]2CC2(F)F)nc2c1N=C(C(F)F)C2. The topological polar surface area (TPSA) is 293 Å². The van der Waals surface area contributed by atoms with E-state index in [0.717, 1.165) is 74.0 Å². The van der Waals surface area contributed by atoms with Crippen LogP contribution in [0.15, 0.2) is 102 Å². The first-order chi connectivity index (χ1) is 52.3. The van der Waals surface area contributed by atoms with Gasteiger partial charge in [-0.25, -0.2) is 92.9 Å². The van der Waals surface area contributed by atoms with Crippen LogP contribution in [0.3, 0.4) is 0 Å². The van der Waals surface area contributed by atoms with Crippen LogP contribution >= 0.6 is 0 Å². The van der Waals surface area contributed by atoms with Gasteiger partial charge < -0.3 is 30.2 Å². The lowest BCUT2D eigenvalue weighted by atomic mass is 9.91. The van der Waals surface area contributed by atoms with E-state index in [2.05, 4.69) is 45.9 Å². The van der Waals surface area contributed by atoms with E-state index in [0.29, 0.717) is 39.6 Å². The summed E-state index contributed by atoms with van der Waals surface area (Å²) in [4.78, 5) is 61.8. The summed E-state index contributed by atoms with van der Waals surface area (Å²) in [6, 6.07) is 19.2. The average molecular weight is 1620 g/mol. The van der Waals surface area contributed by atoms with Crippen molar-refractivity contribution in [1.29, 1.82) is 0 Å². The number of nitrogens with one attached hydrogen (secondary N) is 3. The zero-order valence-electron chi connectivity index (χ0n) is 59.8. The van der Waals surface area contributed by atoms with Crippen molar-refractivity contribution in [3.63, 3.8) is 0 Å². The smallest absolute Gasteiger partial charge is 0.277 e. The van der Waals surface area contributed by atoms with E-state index in [-0.39, 0.29) is 137 Å². The monoisotopic (exact) mass is 1620 g/mol. The van der Waals surface area contributed by atoms with Crippen molar-refractivity contribution >= 4 is 115 Å². The number of benzene rings is 3. The molecule has 0 bridgehead atoms. The molecular formula is C75H75F12N9O12S3. The normalized spacial score (nSPS) is 21.0. The fraction of sp³-hybridized carbons (Fsp3) is 0.480. The molecule has 9 heterocycles. The van der Waals surface area contributed by atoms with E-state index in [1.54, 1.807) is 36.4 Å². The Bertz CT molecular complexity index is 4670. The van der Waals surface area contributed by atoms with Crippen molar-refractivity contribution in [2.45, 2.75) is 166 Å². The molecule has 3 N–H and O–H groups in total. The van der Waals surface area contributed by atoms with Gasteiger partial charge in [0.05, 0.1) is 118 Å². The molecule has 6 aromatic rings. The Morgan fingerprint density at radius 1 is 0.396 bits per heavy atom. The lowest BCUT2D eigenvalue weighted by molar-refractivity contribution is -0.122. The van der Waals surface area contributed by atoms with Crippen LogP contribution in [0, 0.1) is 17.8 Å². The van der Waals surface area contributed by atoms with Crippen molar-refractivity contribution in [2.24, 2.45) is 32.7 Å². The molecule has 15 rings (SSSR count). The number of pyridine rings is 3. The van der Waals surface area contributed by atoms with Crippen LogP contribution in [-0.2, 0) is 96.6 Å². The van der Waals surface area contributed by atoms with Gasteiger partial charge in [-0.15, -0.1) is 0 Å². The number of sulfone groups is 3. The Balaban J connectivity index is 0.000000146. The van der Waals surface area contributed by atoms with E-state index in [4.69, 9.17) is 14.2 Å². The molecule has 6 aliphatic heterocycles. The van der Waals surface area contributed by atoms with E-state index in [1.807, 2.05) is 18.2 Å². The number of aromatic nitrogens is 3. The van der Waals surface area contributed by atoms with Crippen molar-refractivity contribution in [2.75, 3.05) is 74.4 Å². The molecule has 3 aliphatic carbocycles. The third-order valence-electron chi connectivity index (χ3n) is 20.7. The van der Waals surface area contributed by atoms with Gasteiger partial charge in [-0.1, -0.05) is 18.2 Å². The Morgan fingerprint density at radius 3 is 0.838 bits per heavy atom. The number of halogens is 12. The molecule has 594 valence electrons. The summed E-state index contributed by atoms with van der Waals surface area (Å²) in [6.07, 6.45) is -4.22. The van der Waals surface area contributed by atoms with Crippen LogP contribution in [0.4, 0.5) is 104 Å². The highest BCUT2D eigenvalue weighted by molar-refractivity contribution is 7.91. The van der Waals surface area contributed by atoms with Crippen LogP contribution in [-0.4, -0.2) is 170 Å². The number of hydrogen-bond acceptors (Lipinski definition) is 21. The predicted molar refractivity (Wildman–Crippen MR) is 385 cm³/mol. The Morgan fingerprint density at radius 2 is 0.631 bits per heavy atom. The van der Waals surface area contributed by atoms with Crippen LogP contribution in [0.2, 0.25) is 0 Å². The van der Waals surface area contributed by atoms with Crippen molar-refractivity contribution in [3.05, 3.63) is 124 Å². The molecule has 6 fully saturated rings. The number of ketones is 3. The number of nitrogens with zero attached hydrogens (tertiary/aromatic N) is 6. The van der Waals surface area contributed by atoms with Crippen LogP contribution in [0.1, 0.15) is 126 Å². The molecule has 3 saturated heterocycles. The van der Waals surface area contributed by atoms with Crippen LogP contribution in [0.5, 0.6) is 0 Å². The van der Waals surface area contributed by atoms with Crippen molar-refractivity contribution in [3.8, 4) is 0 Å². The van der Waals surface area contributed by atoms with E-state index >= 15 is 0 Å². The minimum Gasteiger partial charge on any atom is -0.381 e. The van der Waals surface area contributed by atoms with Crippen LogP contribution < -0.4 is 16.0 Å². The molecule has 0 radical (unpaired) electrons. The molecule has 1 unspecified atom stereocenters. The van der Waals surface area contributed by atoms with Gasteiger partial charge in [0.25, 0.3) is 37.0 Å². The predicted octanol–water partition coefficient (Wildman–Crippen LogP) is 14.3. The molecule has 0 amide bonds. The number of aliphatic imine (C=N–C) groups is 3. The van der Waals surface area contributed by atoms with Gasteiger partial charge in [-0.05, 0) is 128 Å². The summed E-state index contributed by atoms with van der Waals surface area (Å²) < 4.78 is 253. The Hall–Kier alpha value is -8.58. The summed E-state index contributed by atoms with van der Waals surface area (Å²) in [7, 11) is -11.1. The molecule has 111 heavy (non-hydrogen) atoms. The van der Waals surface area contributed by atoms with Gasteiger partial charge in [0.1, 0.15) is 34.4 Å². The minimum atomic E-state index is -3.70. The standard InChI is InChI=1S/3C25H25F4N3O4S/c3*1-37(34,35)22-8-14(13-4-6-36-7-5-13)2-3-17(22)31-18-9-15(10-21(33)16-12-25(16,28)29)30-19-11-20(24(26)27)32-23(18)19/h3*2-3,8-9,13,16,24H,4-7,10-12H2,1H3,(H,30,31)/t2*16-;/m10./s1. The lowest BCUT2D eigenvalue weighted by Crippen LogP contribution is -2.15. The van der Waals surface area contributed by atoms with Gasteiger partial charge in [-0.3, -0.25) is 29.3 Å². The van der Waals surface area contributed by atoms with Gasteiger partial charge in [0.15, 0.2) is 29.5 Å². The summed E-state index contributed by atoms with van der Waals surface area (Å²) in [6.45, 7) is 3.50. The highest BCUT2D eigenvalue weighted by Crippen LogP contribution is 2.53. The van der Waals surface area contributed by atoms with Crippen molar-refractivity contribution < 1.29 is 107 Å². The number of ether oxygens (including phenoxy) is 3. The first kappa shape index (κ1) is 80.5. The second kappa shape index (κ2) is 31.4. The molecular weight excluding hydrogens is 1540 g/mol. The lowest BCUT2D eigenvalue weighted by Gasteiger charge is -2.23. The largest absolute Gasteiger partial charge is 0.381 e. The van der Waals surface area contributed by atoms with Gasteiger partial charge in [0, 0.05) is 116 Å². The fourth-order valence-electron chi connectivity index (χ4n) is 14.4. The number of carbonyl (C=O) groups is 3. The van der Waals surface area contributed by atoms with E-state index in [1.165, 1.54) is 18.2 Å². The number of rotatable bonds is 24. The Kier molecular flexibility index (Phi) is 22.8. The molecule has 3 aromatic heterocycles. The number of anilines is 6. The second-order valence-corrected chi connectivity index (χ2v) is 35.2. The zero-order chi connectivity index (χ0) is 79.6. The summed E-state index contributed by atoms with van der Waals surface area (Å²) >= 11 is 0. The number of hydrogen-bond donors (Lipinski definition) is 3.